The van der Waals surface area contributed by atoms with E-state index < -0.39 is 6.10 Å². The fourth-order valence-corrected chi connectivity index (χ4v) is 9.05. The third-order valence-corrected chi connectivity index (χ3v) is 13.9. The maximum Gasteiger partial charge on any atom is 0.306 e. The van der Waals surface area contributed by atoms with Crippen molar-refractivity contribution in [3.63, 3.8) is 0 Å². The first-order valence-corrected chi connectivity index (χ1v) is 32.2. The lowest BCUT2D eigenvalue weighted by molar-refractivity contribution is -0.167. The second kappa shape index (κ2) is 63.9. The molecule has 0 fully saturated rings. The van der Waals surface area contributed by atoms with Crippen LogP contribution >= 0.6 is 0 Å². The molecule has 0 aliphatic rings. The van der Waals surface area contributed by atoms with Crippen LogP contribution in [0.3, 0.4) is 0 Å². The number of esters is 3. The van der Waals surface area contributed by atoms with E-state index in [2.05, 4.69) is 118 Å². The molecule has 0 aliphatic heterocycles. The maximum atomic E-state index is 12.8. The van der Waals surface area contributed by atoms with E-state index in [1.807, 2.05) is 0 Å². The van der Waals surface area contributed by atoms with E-state index in [-0.39, 0.29) is 31.1 Å². The number of allylic oxidation sites excluding steroid dienone is 16. The first kappa shape index (κ1) is 72.3. The van der Waals surface area contributed by atoms with E-state index >= 15 is 0 Å². The fourth-order valence-electron chi connectivity index (χ4n) is 9.05. The van der Waals surface area contributed by atoms with Gasteiger partial charge in [0.25, 0.3) is 0 Å². The van der Waals surface area contributed by atoms with Crippen LogP contribution in [0.25, 0.3) is 0 Å². The highest BCUT2D eigenvalue weighted by atomic mass is 16.6. The lowest BCUT2D eigenvalue weighted by atomic mass is 10.0. The quantitative estimate of drug-likeness (QED) is 0.0261. The second-order valence-electron chi connectivity index (χ2n) is 21.3. The smallest absolute Gasteiger partial charge is 0.306 e. The van der Waals surface area contributed by atoms with Crippen molar-refractivity contribution in [2.24, 2.45) is 0 Å². The highest BCUT2D eigenvalue weighted by Gasteiger charge is 2.19. The van der Waals surface area contributed by atoms with Gasteiger partial charge in [0, 0.05) is 19.3 Å². The van der Waals surface area contributed by atoms with Crippen molar-refractivity contribution in [1.29, 1.82) is 0 Å². The highest BCUT2D eigenvalue weighted by molar-refractivity contribution is 5.71. The summed E-state index contributed by atoms with van der Waals surface area (Å²) in [5.74, 6) is -0.874. The normalized spacial score (nSPS) is 12.7. The molecule has 76 heavy (non-hydrogen) atoms. The van der Waals surface area contributed by atoms with Crippen molar-refractivity contribution in [2.75, 3.05) is 13.2 Å². The molecule has 0 spiro atoms. The minimum absolute atomic E-state index is 0.0739. The molecule has 0 aromatic rings. The van der Waals surface area contributed by atoms with Crippen molar-refractivity contribution in [1.82, 2.24) is 0 Å². The molecule has 0 radical (unpaired) electrons. The van der Waals surface area contributed by atoms with Crippen LogP contribution in [-0.4, -0.2) is 37.2 Å². The Morgan fingerprint density at radius 1 is 0.276 bits per heavy atom. The molecular weight excluding hydrogens is 937 g/mol. The second-order valence-corrected chi connectivity index (χ2v) is 21.3. The molecule has 436 valence electrons. The van der Waals surface area contributed by atoms with Gasteiger partial charge >= 0.3 is 17.9 Å². The third-order valence-electron chi connectivity index (χ3n) is 13.9. The molecule has 0 rings (SSSR count). The minimum atomic E-state index is -0.773. The van der Waals surface area contributed by atoms with Crippen LogP contribution < -0.4 is 0 Å². The number of hydrogen-bond donors (Lipinski definition) is 0. The van der Waals surface area contributed by atoms with Crippen LogP contribution in [0.4, 0.5) is 0 Å². The number of carbonyl (C=O) groups excluding carboxylic acids is 3. The first-order chi connectivity index (χ1) is 37.5. The summed E-state index contributed by atoms with van der Waals surface area (Å²) < 4.78 is 16.8. The summed E-state index contributed by atoms with van der Waals surface area (Å²) in [6, 6.07) is 0. The molecule has 0 heterocycles. The summed E-state index contributed by atoms with van der Waals surface area (Å²) >= 11 is 0. The molecule has 0 amide bonds. The van der Waals surface area contributed by atoms with Gasteiger partial charge in [-0.3, -0.25) is 14.4 Å². The summed E-state index contributed by atoms with van der Waals surface area (Å²) in [5, 5.41) is 0. The number of unbranched alkanes of at least 4 members (excludes halogenated alkanes) is 31. The van der Waals surface area contributed by atoms with Gasteiger partial charge in [-0.15, -0.1) is 0 Å². The zero-order valence-electron chi connectivity index (χ0n) is 50.0. The lowest BCUT2D eigenvalue weighted by Crippen LogP contribution is -2.30. The molecular formula is C70H120O6. The van der Waals surface area contributed by atoms with Gasteiger partial charge in [0.15, 0.2) is 6.10 Å². The topological polar surface area (TPSA) is 78.9 Å². The van der Waals surface area contributed by atoms with Crippen LogP contribution in [0, 0.1) is 0 Å². The first-order valence-electron chi connectivity index (χ1n) is 32.2. The number of carbonyl (C=O) groups is 3. The molecule has 6 heteroatoms. The number of hydrogen-bond acceptors (Lipinski definition) is 6. The van der Waals surface area contributed by atoms with E-state index in [9.17, 15) is 14.4 Å². The Hall–Kier alpha value is -3.67. The maximum absolute atomic E-state index is 12.8. The molecule has 6 nitrogen and oxygen atoms in total. The van der Waals surface area contributed by atoms with Crippen LogP contribution in [-0.2, 0) is 28.6 Å². The zero-order chi connectivity index (χ0) is 55.0. The zero-order valence-corrected chi connectivity index (χ0v) is 50.0. The van der Waals surface area contributed by atoms with Gasteiger partial charge in [-0.1, -0.05) is 304 Å². The summed E-state index contributed by atoms with van der Waals surface area (Å²) in [6.07, 6.45) is 85.9. The van der Waals surface area contributed by atoms with Crippen LogP contribution in [0.1, 0.15) is 310 Å². The number of ether oxygens (including phenoxy) is 3. The highest BCUT2D eigenvalue weighted by Crippen LogP contribution is 2.17. The Morgan fingerprint density at radius 2 is 0.513 bits per heavy atom. The molecule has 0 saturated heterocycles. The van der Waals surface area contributed by atoms with Crippen LogP contribution in [0.15, 0.2) is 97.2 Å². The Balaban J connectivity index is 4.07. The van der Waals surface area contributed by atoms with Gasteiger partial charge in [-0.25, -0.2) is 0 Å². The van der Waals surface area contributed by atoms with Crippen molar-refractivity contribution >= 4 is 17.9 Å². The molecule has 0 bridgehead atoms. The van der Waals surface area contributed by atoms with Crippen molar-refractivity contribution in [3.05, 3.63) is 97.2 Å². The summed E-state index contributed by atoms with van der Waals surface area (Å²) in [5.41, 5.74) is 0. The monoisotopic (exact) mass is 1060 g/mol. The largest absolute Gasteiger partial charge is 0.462 e. The molecule has 1 atom stereocenters. The van der Waals surface area contributed by atoms with Crippen molar-refractivity contribution in [2.45, 2.75) is 316 Å². The van der Waals surface area contributed by atoms with E-state index in [4.69, 9.17) is 14.2 Å². The SMILES string of the molecule is CC/C=C\C/C=C\C/C=C\C/C=C\C/C=C\C/C=C\C/C=C\C/C=C\CCCCCCCCCCCCC(=O)OCC(COC(=O)CCCCCCCCC)OC(=O)CCCCCCCCCCCCCCCCCC. The predicted octanol–water partition coefficient (Wildman–Crippen LogP) is 22.0. The van der Waals surface area contributed by atoms with Crippen LogP contribution in [0.5, 0.6) is 0 Å². The lowest BCUT2D eigenvalue weighted by Gasteiger charge is -2.18. The van der Waals surface area contributed by atoms with Crippen LogP contribution in [0.2, 0.25) is 0 Å². The predicted molar refractivity (Wildman–Crippen MR) is 330 cm³/mol. The fraction of sp³-hybridized carbons (Fsp3) is 0.729. The molecule has 0 aromatic heterocycles. The Morgan fingerprint density at radius 3 is 0.803 bits per heavy atom. The van der Waals surface area contributed by atoms with Gasteiger partial charge in [0.2, 0.25) is 0 Å². The summed E-state index contributed by atoms with van der Waals surface area (Å²) in [7, 11) is 0. The molecule has 0 saturated carbocycles. The van der Waals surface area contributed by atoms with E-state index in [0.717, 1.165) is 109 Å². The van der Waals surface area contributed by atoms with Gasteiger partial charge in [0.05, 0.1) is 0 Å². The van der Waals surface area contributed by atoms with Crippen molar-refractivity contribution < 1.29 is 28.6 Å². The average molecular weight is 1060 g/mol. The summed E-state index contributed by atoms with van der Waals surface area (Å²) in [4.78, 5) is 38.0. The van der Waals surface area contributed by atoms with E-state index in [1.54, 1.807) is 0 Å². The Labute approximate surface area is 470 Å². The molecule has 1 unspecified atom stereocenters. The van der Waals surface area contributed by atoms with Gasteiger partial charge in [0.1, 0.15) is 13.2 Å². The van der Waals surface area contributed by atoms with Gasteiger partial charge < -0.3 is 14.2 Å². The summed E-state index contributed by atoms with van der Waals surface area (Å²) in [6.45, 7) is 6.51. The minimum Gasteiger partial charge on any atom is -0.462 e. The van der Waals surface area contributed by atoms with Gasteiger partial charge in [-0.05, 0) is 83.5 Å². The number of rotatable bonds is 58. The molecule has 0 N–H and O–H groups in total. The average Bonchev–Trinajstić information content (AvgIpc) is 3.42. The van der Waals surface area contributed by atoms with Crippen molar-refractivity contribution in [3.8, 4) is 0 Å². The van der Waals surface area contributed by atoms with E-state index in [0.29, 0.717) is 19.3 Å². The van der Waals surface area contributed by atoms with Gasteiger partial charge in [-0.2, -0.15) is 0 Å². The standard InChI is InChI=1S/C70H120O6/c1-4-7-10-13-16-18-20-22-24-26-27-28-29-30-31-32-33-34-35-36-37-38-39-40-41-42-43-44-46-47-49-51-54-57-60-63-69(72)75-66-67(65-74-68(71)62-59-56-53-15-12-9-6-3)76-70(73)64-61-58-55-52-50-48-45-25-23-21-19-17-14-11-8-5-2/h7,10,16,18,22,24,27-28,30-31,33-34,36-37,39-40,67H,4-6,8-9,11-15,17,19-21,23,25-26,29,32,35,38,41-66H2,1-3H3/b10-7-,18-16-,24-22-,28-27-,31-30-,34-33-,37-36-,40-39-. The Bertz CT molecular complexity index is 1490. The third kappa shape index (κ3) is 61.2. The van der Waals surface area contributed by atoms with E-state index in [1.165, 1.54) is 161 Å². The molecule has 0 aromatic carbocycles. The molecule has 0 aliphatic carbocycles. The Kier molecular flexibility index (Phi) is 60.8.